The Balaban J connectivity index is 1.91. The molecule has 0 saturated heterocycles. The number of carbonyl (C=O) groups is 1. The van der Waals surface area contributed by atoms with Gasteiger partial charge in [0.1, 0.15) is 5.75 Å². The van der Waals surface area contributed by atoms with Crippen LogP contribution in [-0.2, 0) is 13.2 Å². The van der Waals surface area contributed by atoms with Crippen molar-refractivity contribution in [3.05, 3.63) is 59.9 Å². The van der Waals surface area contributed by atoms with Crippen molar-refractivity contribution in [2.75, 3.05) is 6.61 Å². The quantitative estimate of drug-likeness (QED) is 0.540. The lowest BCUT2D eigenvalue weighted by atomic mass is 10.1. The monoisotopic (exact) mass is 448 g/mol. The van der Waals surface area contributed by atoms with Crippen molar-refractivity contribution >= 4 is 5.91 Å². The summed E-state index contributed by atoms with van der Waals surface area (Å²) in [6.45, 7) is 1.86. The van der Waals surface area contributed by atoms with Crippen LogP contribution in [0.5, 0.6) is 11.6 Å². The van der Waals surface area contributed by atoms with E-state index in [0.717, 1.165) is 12.1 Å². The Kier molecular flexibility index (Phi) is 7.14. The minimum absolute atomic E-state index is 0.0455. The van der Waals surface area contributed by atoms with E-state index < -0.39 is 11.7 Å². The first-order chi connectivity index (χ1) is 15.2. The smallest absolute Gasteiger partial charge is 0.416 e. The molecule has 10 heteroatoms. The van der Waals surface area contributed by atoms with E-state index in [1.807, 2.05) is 6.92 Å². The topological polar surface area (TPSA) is 89.3 Å². The van der Waals surface area contributed by atoms with Crippen LogP contribution in [0.4, 0.5) is 13.2 Å². The van der Waals surface area contributed by atoms with Gasteiger partial charge in [-0.2, -0.15) is 18.3 Å². The molecule has 2 N–H and O–H groups in total. The molecule has 2 aromatic heterocycles. The molecule has 0 unspecified atom stereocenters. The van der Waals surface area contributed by atoms with Crippen LogP contribution in [0.1, 0.15) is 35.7 Å². The zero-order valence-corrected chi connectivity index (χ0v) is 17.6. The summed E-state index contributed by atoms with van der Waals surface area (Å²) in [5.74, 6) is -0.104. The number of alkyl halides is 3. The highest BCUT2D eigenvalue weighted by molar-refractivity contribution is 5.95. The van der Waals surface area contributed by atoms with E-state index in [9.17, 15) is 18.0 Å². The Morgan fingerprint density at radius 1 is 1.25 bits per heavy atom. The van der Waals surface area contributed by atoms with E-state index in [0.29, 0.717) is 24.1 Å². The highest BCUT2D eigenvalue weighted by Crippen LogP contribution is 2.34. The summed E-state index contributed by atoms with van der Waals surface area (Å²) in [6.07, 6.45) is -0.331. The Bertz CT molecular complexity index is 1070. The maximum absolute atomic E-state index is 12.8. The molecule has 0 spiro atoms. The molecule has 0 bridgehead atoms. The molecular formula is C22H23F3N4O3. The summed E-state index contributed by atoms with van der Waals surface area (Å²) in [4.78, 5) is 16.9. The molecule has 1 aromatic carbocycles. The number of ether oxygens (including phenoxy) is 1. The van der Waals surface area contributed by atoms with E-state index in [2.05, 4.69) is 15.4 Å². The minimum Gasteiger partial charge on any atom is -0.438 e. The average Bonchev–Trinajstić information content (AvgIpc) is 3.19. The summed E-state index contributed by atoms with van der Waals surface area (Å²) >= 11 is 0. The number of pyridine rings is 1. The van der Waals surface area contributed by atoms with E-state index in [-0.39, 0.29) is 35.7 Å². The van der Waals surface area contributed by atoms with Gasteiger partial charge in [-0.05, 0) is 49.2 Å². The third kappa shape index (κ3) is 5.64. The number of hydrogen-bond donors (Lipinski definition) is 2. The second-order valence-corrected chi connectivity index (χ2v) is 7.17. The summed E-state index contributed by atoms with van der Waals surface area (Å²) in [6, 6.07) is 7.33. The van der Waals surface area contributed by atoms with Crippen molar-refractivity contribution in [3.8, 4) is 22.9 Å². The standard InChI is InChI=1S/C22H23F3N4O3/c1-3-16(9-11-30)27-20(31)14-12-18(19-8-10-29(2)28-19)21(26-13-14)32-17-6-4-15(5-7-17)22(23,24)25/h4-8,10,12-13,16,30H,3,9,11H2,1-2H3,(H,27,31)/t16-/m0/s1. The van der Waals surface area contributed by atoms with Gasteiger partial charge in [-0.3, -0.25) is 9.48 Å². The third-order valence-electron chi connectivity index (χ3n) is 4.80. The van der Waals surface area contributed by atoms with Gasteiger partial charge in [0.2, 0.25) is 5.88 Å². The molecule has 2 heterocycles. The van der Waals surface area contributed by atoms with Crippen molar-refractivity contribution in [3.63, 3.8) is 0 Å². The number of nitrogens with one attached hydrogen (secondary N) is 1. The number of aliphatic hydroxyl groups excluding tert-OH is 1. The lowest BCUT2D eigenvalue weighted by molar-refractivity contribution is -0.137. The highest BCUT2D eigenvalue weighted by atomic mass is 19.4. The minimum atomic E-state index is -4.45. The van der Waals surface area contributed by atoms with Crippen LogP contribution in [0.2, 0.25) is 0 Å². The Labute approximate surface area is 182 Å². The molecule has 0 aliphatic heterocycles. The molecule has 0 aliphatic carbocycles. The number of aromatic nitrogens is 3. The molecule has 1 amide bonds. The number of carbonyl (C=O) groups excluding carboxylic acids is 1. The van der Waals surface area contributed by atoms with Gasteiger partial charge in [0.15, 0.2) is 0 Å². The number of rotatable bonds is 8. The highest BCUT2D eigenvalue weighted by Gasteiger charge is 2.30. The predicted octanol–water partition coefficient (Wildman–Crippen LogP) is 4.18. The van der Waals surface area contributed by atoms with Crippen LogP contribution in [0.15, 0.2) is 48.8 Å². The fourth-order valence-electron chi connectivity index (χ4n) is 3.03. The Morgan fingerprint density at radius 2 is 1.97 bits per heavy atom. The molecule has 7 nitrogen and oxygen atoms in total. The van der Waals surface area contributed by atoms with Crippen LogP contribution in [0.25, 0.3) is 11.3 Å². The van der Waals surface area contributed by atoms with Crippen LogP contribution >= 0.6 is 0 Å². The van der Waals surface area contributed by atoms with Gasteiger partial charge in [0.05, 0.1) is 22.4 Å². The molecule has 0 radical (unpaired) electrons. The van der Waals surface area contributed by atoms with Crippen LogP contribution in [0, 0.1) is 0 Å². The van der Waals surface area contributed by atoms with Crippen LogP contribution < -0.4 is 10.1 Å². The lowest BCUT2D eigenvalue weighted by Gasteiger charge is -2.16. The van der Waals surface area contributed by atoms with E-state index in [1.165, 1.54) is 18.3 Å². The molecule has 170 valence electrons. The summed E-state index contributed by atoms with van der Waals surface area (Å²) < 4.78 is 45.7. The van der Waals surface area contributed by atoms with Crippen molar-refractivity contribution < 1.29 is 27.8 Å². The first kappa shape index (κ1) is 23.3. The van der Waals surface area contributed by atoms with Crippen molar-refractivity contribution in [1.82, 2.24) is 20.1 Å². The van der Waals surface area contributed by atoms with E-state index in [4.69, 9.17) is 9.84 Å². The fraction of sp³-hybridized carbons (Fsp3) is 0.318. The van der Waals surface area contributed by atoms with Gasteiger partial charge in [0, 0.05) is 32.1 Å². The van der Waals surface area contributed by atoms with Gasteiger partial charge in [-0.15, -0.1) is 0 Å². The first-order valence-electron chi connectivity index (χ1n) is 9.98. The number of aryl methyl sites for hydroxylation is 1. The van der Waals surface area contributed by atoms with Gasteiger partial charge in [0.25, 0.3) is 5.91 Å². The first-order valence-corrected chi connectivity index (χ1v) is 9.98. The molecule has 1 atom stereocenters. The van der Waals surface area contributed by atoms with Crippen LogP contribution in [0.3, 0.4) is 0 Å². The molecular weight excluding hydrogens is 425 g/mol. The second kappa shape index (κ2) is 9.82. The molecule has 32 heavy (non-hydrogen) atoms. The number of amides is 1. The van der Waals surface area contributed by atoms with Crippen molar-refractivity contribution in [2.45, 2.75) is 32.0 Å². The van der Waals surface area contributed by atoms with Gasteiger partial charge in [-0.25, -0.2) is 4.98 Å². The second-order valence-electron chi connectivity index (χ2n) is 7.17. The zero-order chi connectivity index (χ0) is 23.3. The van der Waals surface area contributed by atoms with Gasteiger partial charge < -0.3 is 15.2 Å². The summed E-state index contributed by atoms with van der Waals surface area (Å²) in [7, 11) is 1.73. The lowest BCUT2D eigenvalue weighted by Crippen LogP contribution is -2.35. The molecule has 3 rings (SSSR count). The van der Waals surface area contributed by atoms with E-state index >= 15 is 0 Å². The molecule has 0 aliphatic rings. The third-order valence-corrected chi connectivity index (χ3v) is 4.80. The summed E-state index contributed by atoms with van der Waals surface area (Å²) in [5.41, 5.74) is 0.372. The SMILES string of the molecule is CC[C@@H](CCO)NC(=O)c1cnc(Oc2ccc(C(F)(F)F)cc2)c(-c2ccn(C)n2)c1. The van der Waals surface area contributed by atoms with E-state index in [1.54, 1.807) is 30.1 Å². The van der Waals surface area contributed by atoms with Crippen molar-refractivity contribution in [1.29, 1.82) is 0 Å². The Morgan fingerprint density at radius 3 is 2.53 bits per heavy atom. The fourth-order valence-corrected chi connectivity index (χ4v) is 3.03. The molecule has 3 aromatic rings. The largest absolute Gasteiger partial charge is 0.438 e. The maximum atomic E-state index is 12.8. The Hall–Kier alpha value is -3.40. The predicted molar refractivity (Wildman–Crippen MR) is 111 cm³/mol. The molecule has 0 fully saturated rings. The number of hydrogen-bond acceptors (Lipinski definition) is 5. The number of benzene rings is 1. The maximum Gasteiger partial charge on any atom is 0.416 e. The number of halogens is 3. The summed E-state index contributed by atoms with van der Waals surface area (Å²) in [5, 5.41) is 16.3. The number of nitrogens with zero attached hydrogens (tertiary/aromatic N) is 3. The average molecular weight is 448 g/mol. The molecule has 0 saturated carbocycles. The number of aliphatic hydroxyl groups is 1. The van der Waals surface area contributed by atoms with Gasteiger partial charge in [-0.1, -0.05) is 6.92 Å². The zero-order valence-electron chi connectivity index (χ0n) is 17.6. The van der Waals surface area contributed by atoms with Crippen LogP contribution in [-0.4, -0.2) is 38.4 Å². The van der Waals surface area contributed by atoms with Gasteiger partial charge >= 0.3 is 6.18 Å². The normalized spacial score (nSPS) is 12.4. The van der Waals surface area contributed by atoms with Crippen molar-refractivity contribution in [2.24, 2.45) is 7.05 Å².